The van der Waals surface area contributed by atoms with Crippen LogP contribution in [-0.4, -0.2) is 70.7 Å². The zero-order valence-corrected chi connectivity index (χ0v) is 9.79. The highest BCUT2D eigenvalue weighted by atomic mass is 32.2. The van der Waals surface area contributed by atoms with Crippen molar-refractivity contribution in [1.29, 1.82) is 0 Å². The lowest BCUT2D eigenvalue weighted by atomic mass is 10.0. The summed E-state index contributed by atoms with van der Waals surface area (Å²) < 4.78 is 0. The Kier molecular flexibility index (Phi) is 5.50. The largest absolute Gasteiger partial charge is 0.394 e. The lowest BCUT2D eigenvalue weighted by Crippen LogP contribution is -2.61. The molecule has 0 spiro atoms. The summed E-state index contributed by atoms with van der Waals surface area (Å²) in [7, 11) is 0. The quantitative estimate of drug-likeness (QED) is 0.370. The Balaban J connectivity index is 2.53. The van der Waals surface area contributed by atoms with E-state index >= 15 is 0 Å². The summed E-state index contributed by atoms with van der Waals surface area (Å²) in [5, 5.41) is 32.7. The van der Waals surface area contributed by atoms with Crippen LogP contribution in [0.2, 0.25) is 0 Å². The van der Waals surface area contributed by atoms with Gasteiger partial charge in [0.1, 0.15) is 5.54 Å². The van der Waals surface area contributed by atoms with Crippen molar-refractivity contribution in [2.75, 3.05) is 37.9 Å². The van der Waals surface area contributed by atoms with Gasteiger partial charge in [0, 0.05) is 18.1 Å². The minimum absolute atomic E-state index is 0.302. The van der Waals surface area contributed by atoms with E-state index in [-0.39, 0.29) is 11.9 Å². The molecule has 1 aliphatic rings. The molecular weight excluding hydrogens is 232 g/mol. The number of amides is 1. The number of rotatable bonds is 5. The summed E-state index contributed by atoms with van der Waals surface area (Å²) >= 11 is 1.67. The van der Waals surface area contributed by atoms with Gasteiger partial charge < -0.3 is 26.0 Å². The first-order chi connectivity index (χ1) is 7.67. The molecule has 7 heteroatoms. The second-order valence-corrected chi connectivity index (χ2v) is 4.98. The average molecular weight is 250 g/mol. The van der Waals surface area contributed by atoms with E-state index in [4.69, 9.17) is 15.3 Å². The van der Waals surface area contributed by atoms with Crippen molar-refractivity contribution in [3.63, 3.8) is 0 Å². The van der Waals surface area contributed by atoms with Gasteiger partial charge in [-0.25, -0.2) is 0 Å². The van der Waals surface area contributed by atoms with Crippen LogP contribution in [0, 0.1) is 0 Å². The Bertz CT molecular complexity index is 221. The first-order valence-electron chi connectivity index (χ1n) is 5.13. The van der Waals surface area contributed by atoms with Crippen molar-refractivity contribution in [2.45, 2.75) is 11.6 Å². The normalized spacial score (nSPS) is 21.8. The molecular formula is C9H18N2O4S. The number of carbonyl (C=O) groups is 1. The molecule has 94 valence electrons. The third-order valence-corrected chi connectivity index (χ3v) is 3.60. The fraction of sp³-hybridized carbons (Fsp3) is 0.889. The van der Waals surface area contributed by atoms with Gasteiger partial charge in [-0.15, -0.1) is 0 Å². The van der Waals surface area contributed by atoms with Crippen LogP contribution in [0.4, 0.5) is 0 Å². The van der Waals surface area contributed by atoms with Gasteiger partial charge >= 0.3 is 0 Å². The Morgan fingerprint density at radius 2 is 2.00 bits per heavy atom. The predicted octanol–water partition coefficient (Wildman–Crippen LogP) is -2.48. The first kappa shape index (κ1) is 13.7. The molecule has 1 aliphatic heterocycles. The maximum Gasteiger partial charge on any atom is 0.238 e. The second-order valence-electron chi connectivity index (χ2n) is 3.83. The van der Waals surface area contributed by atoms with Crippen LogP contribution in [0.1, 0.15) is 0 Å². The Morgan fingerprint density at radius 1 is 1.38 bits per heavy atom. The molecule has 5 N–H and O–H groups in total. The lowest BCUT2D eigenvalue weighted by molar-refractivity contribution is -0.127. The molecule has 1 heterocycles. The molecule has 1 unspecified atom stereocenters. The summed E-state index contributed by atoms with van der Waals surface area (Å²) in [5.74, 6) is 1.32. The van der Waals surface area contributed by atoms with E-state index in [1.165, 1.54) is 0 Å². The van der Waals surface area contributed by atoms with Crippen LogP contribution >= 0.6 is 11.8 Å². The SMILES string of the molecule is O=C(NC(CO)(CO)CO)C1CSCCN1. The smallest absolute Gasteiger partial charge is 0.238 e. The molecule has 0 radical (unpaired) electrons. The Hall–Kier alpha value is -0.340. The third kappa shape index (κ3) is 3.33. The summed E-state index contributed by atoms with van der Waals surface area (Å²) in [6.07, 6.45) is 0. The zero-order valence-electron chi connectivity index (χ0n) is 8.98. The van der Waals surface area contributed by atoms with Crippen molar-refractivity contribution >= 4 is 17.7 Å². The van der Waals surface area contributed by atoms with Crippen molar-refractivity contribution in [3.8, 4) is 0 Å². The van der Waals surface area contributed by atoms with Gasteiger partial charge in [0.2, 0.25) is 5.91 Å². The molecule has 1 fully saturated rings. The van der Waals surface area contributed by atoms with E-state index in [1.54, 1.807) is 11.8 Å². The minimum atomic E-state index is -1.33. The predicted molar refractivity (Wildman–Crippen MR) is 61.2 cm³/mol. The van der Waals surface area contributed by atoms with Crippen molar-refractivity contribution in [2.24, 2.45) is 0 Å². The van der Waals surface area contributed by atoms with Gasteiger partial charge in [0.05, 0.1) is 25.9 Å². The molecule has 0 aromatic carbocycles. The number of hydrogen-bond donors (Lipinski definition) is 5. The number of carbonyl (C=O) groups excluding carboxylic acids is 1. The molecule has 1 saturated heterocycles. The fourth-order valence-electron chi connectivity index (χ4n) is 1.35. The monoisotopic (exact) mass is 250 g/mol. The summed E-state index contributed by atoms with van der Waals surface area (Å²) in [6, 6.07) is -0.331. The molecule has 0 aliphatic carbocycles. The van der Waals surface area contributed by atoms with Gasteiger partial charge in [-0.2, -0.15) is 11.8 Å². The lowest BCUT2D eigenvalue weighted by Gasteiger charge is -2.32. The van der Waals surface area contributed by atoms with Crippen LogP contribution in [0.3, 0.4) is 0 Å². The molecule has 16 heavy (non-hydrogen) atoms. The molecule has 1 atom stereocenters. The molecule has 1 amide bonds. The van der Waals surface area contributed by atoms with E-state index in [9.17, 15) is 4.79 Å². The number of aliphatic hydroxyl groups is 3. The number of nitrogens with one attached hydrogen (secondary N) is 2. The van der Waals surface area contributed by atoms with Crippen LogP contribution in [0.15, 0.2) is 0 Å². The first-order valence-corrected chi connectivity index (χ1v) is 6.28. The topological polar surface area (TPSA) is 102 Å². The second kappa shape index (κ2) is 6.41. The van der Waals surface area contributed by atoms with E-state index in [1.807, 2.05) is 0 Å². The van der Waals surface area contributed by atoms with Gasteiger partial charge in [-0.05, 0) is 0 Å². The number of hydrogen-bond acceptors (Lipinski definition) is 6. The van der Waals surface area contributed by atoms with Gasteiger partial charge in [0.15, 0.2) is 0 Å². The van der Waals surface area contributed by atoms with Gasteiger partial charge in [0.25, 0.3) is 0 Å². The highest BCUT2D eigenvalue weighted by Crippen LogP contribution is 2.09. The molecule has 0 saturated carbocycles. The molecule has 0 bridgehead atoms. The van der Waals surface area contributed by atoms with Crippen LogP contribution in [-0.2, 0) is 4.79 Å². The van der Waals surface area contributed by atoms with Crippen LogP contribution < -0.4 is 10.6 Å². The summed E-state index contributed by atoms with van der Waals surface area (Å²) in [5.41, 5.74) is -1.33. The average Bonchev–Trinajstić information content (AvgIpc) is 2.37. The minimum Gasteiger partial charge on any atom is -0.394 e. The zero-order chi connectivity index (χ0) is 12.0. The standard InChI is InChI=1S/C9H18N2O4S/c12-4-9(5-13,6-14)11-8(15)7-3-16-2-1-10-7/h7,10,12-14H,1-6H2,(H,11,15). The summed E-state index contributed by atoms with van der Waals surface area (Å²) in [6.45, 7) is -0.726. The molecule has 0 aromatic rings. The Morgan fingerprint density at radius 3 is 2.44 bits per heavy atom. The van der Waals surface area contributed by atoms with Crippen molar-refractivity contribution < 1.29 is 20.1 Å². The molecule has 1 rings (SSSR count). The molecule has 0 aromatic heterocycles. The van der Waals surface area contributed by atoms with Gasteiger partial charge in [-0.3, -0.25) is 4.79 Å². The highest BCUT2D eigenvalue weighted by Gasteiger charge is 2.33. The van der Waals surface area contributed by atoms with Crippen LogP contribution in [0.25, 0.3) is 0 Å². The van der Waals surface area contributed by atoms with Crippen molar-refractivity contribution in [1.82, 2.24) is 10.6 Å². The molecule has 6 nitrogen and oxygen atoms in total. The maximum absolute atomic E-state index is 11.8. The summed E-state index contributed by atoms with van der Waals surface area (Å²) in [4.78, 5) is 11.8. The van der Waals surface area contributed by atoms with E-state index in [0.29, 0.717) is 5.75 Å². The van der Waals surface area contributed by atoms with E-state index in [2.05, 4.69) is 10.6 Å². The van der Waals surface area contributed by atoms with Gasteiger partial charge in [-0.1, -0.05) is 0 Å². The fourth-order valence-corrected chi connectivity index (χ4v) is 2.28. The Labute approximate surface area is 98.4 Å². The van der Waals surface area contributed by atoms with E-state index < -0.39 is 25.4 Å². The number of thioether (sulfide) groups is 1. The van der Waals surface area contributed by atoms with E-state index in [0.717, 1.165) is 12.3 Å². The third-order valence-electron chi connectivity index (χ3n) is 2.53. The van der Waals surface area contributed by atoms with Crippen LogP contribution in [0.5, 0.6) is 0 Å². The highest BCUT2D eigenvalue weighted by molar-refractivity contribution is 7.99. The van der Waals surface area contributed by atoms with Crippen molar-refractivity contribution in [3.05, 3.63) is 0 Å². The number of aliphatic hydroxyl groups excluding tert-OH is 3. The maximum atomic E-state index is 11.8.